The van der Waals surface area contributed by atoms with Crippen molar-refractivity contribution in [1.82, 2.24) is 10.2 Å². The number of hydrogen-bond acceptors (Lipinski definition) is 4. The van der Waals surface area contributed by atoms with Gasteiger partial charge in [0.1, 0.15) is 5.75 Å². The molecule has 1 aliphatic rings. The third-order valence-corrected chi connectivity index (χ3v) is 5.11. The lowest BCUT2D eigenvalue weighted by atomic mass is 9.99. The number of rotatable bonds is 4. The average molecular weight is 429 g/mol. The predicted octanol–water partition coefficient (Wildman–Crippen LogP) is 4.61. The first kappa shape index (κ1) is 23.0. The van der Waals surface area contributed by atoms with Crippen LogP contribution in [0.15, 0.2) is 35.7 Å². The molecule has 1 aliphatic heterocycles. The van der Waals surface area contributed by atoms with Gasteiger partial charge in [-0.3, -0.25) is 4.90 Å². The van der Waals surface area contributed by atoms with E-state index < -0.39 is 11.7 Å². The van der Waals surface area contributed by atoms with Crippen LogP contribution in [0, 0.1) is 0 Å². The van der Waals surface area contributed by atoms with Crippen LogP contribution in [0.4, 0.5) is 13.2 Å². The Morgan fingerprint density at radius 2 is 1.85 bits per heavy atom. The minimum absolute atomic E-state index is 0. The van der Waals surface area contributed by atoms with E-state index in [0.29, 0.717) is 0 Å². The number of piperazine rings is 1. The number of thiophene rings is 1. The van der Waals surface area contributed by atoms with Crippen LogP contribution in [0.25, 0.3) is 0 Å². The molecule has 3 nitrogen and oxygen atoms in total. The minimum atomic E-state index is -4.38. The van der Waals surface area contributed by atoms with Gasteiger partial charge in [0, 0.05) is 36.6 Å². The molecule has 0 unspecified atom stereocenters. The molecule has 0 bridgehead atoms. The van der Waals surface area contributed by atoms with E-state index in [1.165, 1.54) is 7.11 Å². The predicted molar refractivity (Wildman–Crippen MR) is 103 cm³/mol. The van der Waals surface area contributed by atoms with Crippen LogP contribution in [0.5, 0.6) is 5.75 Å². The Balaban J connectivity index is 0.00000169. The van der Waals surface area contributed by atoms with Gasteiger partial charge in [0.05, 0.1) is 18.7 Å². The molecule has 0 saturated carbocycles. The summed E-state index contributed by atoms with van der Waals surface area (Å²) in [5.41, 5.74) is 0.0863. The van der Waals surface area contributed by atoms with Crippen LogP contribution < -0.4 is 10.1 Å². The van der Waals surface area contributed by atoms with Crippen LogP contribution in [0.3, 0.4) is 0 Å². The van der Waals surface area contributed by atoms with E-state index in [0.717, 1.165) is 48.8 Å². The van der Waals surface area contributed by atoms with Gasteiger partial charge in [-0.2, -0.15) is 13.2 Å². The summed E-state index contributed by atoms with van der Waals surface area (Å²) in [6, 6.07) is 7.68. The molecule has 2 heterocycles. The standard InChI is InChI=1S/C17H19F3N2OS.2ClH/c1-23-14-11-12(17(18,19)20)4-5-13(14)16(15-3-2-10-24-15)22-8-6-21-7-9-22;;/h2-5,10-11,16,21H,6-9H2,1H3;2*1H/t16-;;/m0../s1. The zero-order chi connectivity index (χ0) is 17.2. The van der Waals surface area contributed by atoms with E-state index in [9.17, 15) is 13.2 Å². The Hall–Kier alpha value is -0.990. The van der Waals surface area contributed by atoms with Gasteiger partial charge < -0.3 is 10.1 Å². The molecule has 0 spiro atoms. The second-order valence-corrected chi connectivity index (χ2v) is 6.64. The number of nitrogens with zero attached hydrogens (tertiary/aromatic N) is 1. The summed E-state index contributed by atoms with van der Waals surface area (Å²) in [6.45, 7) is 3.41. The zero-order valence-electron chi connectivity index (χ0n) is 14.1. The van der Waals surface area contributed by atoms with Crippen molar-refractivity contribution in [2.45, 2.75) is 12.2 Å². The number of methoxy groups -OCH3 is 1. The lowest BCUT2D eigenvalue weighted by molar-refractivity contribution is -0.137. The molecular weight excluding hydrogens is 408 g/mol. The van der Waals surface area contributed by atoms with E-state index in [-0.39, 0.29) is 36.6 Å². The third-order valence-electron chi connectivity index (χ3n) is 4.18. The molecule has 9 heteroatoms. The number of alkyl halides is 3. The Morgan fingerprint density at radius 3 is 2.38 bits per heavy atom. The van der Waals surface area contributed by atoms with E-state index >= 15 is 0 Å². The summed E-state index contributed by atoms with van der Waals surface area (Å²) in [7, 11) is 1.42. The zero-order valence-corrected chi connectivity index (χ0v) is 16.5. The molecule has 1 saturated heterocycles. The molecule has 0 aliphatic carbocycles. The highest BCUT2D eigenvalue weighted by Crippen LogP contribution is 2.40. The first-order valence-corrected chi connectivity index (χ1v) is 8.62. The maximum Gasteiger partial charge on any atom is 0.416 e. The van der Waals surface area contributed by atoms with Gasteiger partial charge in [0.2, 0.25) is 0 Å². The summed E-state index contributed by atoms with van der Waals surface area (Å²) in [6.07, 6.45) is -4.38. The summed E-state index contributed by atoms with van der Waals surface area (Å²) in [5, 5.41) is 5.29. The topological polar surface area (TPSA) is 24.5 Å². The van der Waals surface area contributed by atoms with Gasteiger partial charge in [-0.1, -0.05) is 12.1 Å². The van der Waals surface area contributed by atoms with E-state index in [1.54, 1.807) is 17.4 Å². The Morgan fingerprint density at radius 1 is 1.15 bits per heavy atom. The van der Waals surface area contributed by atoms with Crippen LogP contribution >= 0.6 is 36.2 Å². The highest BCUT2D eigenvalue weighted by molar-refractivity contribution is 7.10. The van der Waals surface area contributed by atoms with E-state index in [4.69, 9.17) is 4.74 Å². The largest absolute Gasteiger partial charge is 0.496 e. The van der Waals surface area contributed by atoms with Gasteiger partial charge in [0.15, 0.2) is 0 Å². The van der Waals surface area contributed by atoms with Crippen molar-refractivity contribution in [2.75, 3.05) is 33.3 Å². The molecule has 2 aromatic rings. The maximum atomic E-state index is 13.0. The maximum absolute atomic E-state index is 13.0. The molecule has 1 aromatic heterocycles. The molecular formula is C17H21Cl2F3N2OS. The highest BCUT2D eigenvalue weighted by Gasteiger charge is 2.33. The fraction of sp³-hybridized carbons (Fsp3) is 0.412. The molecule has 1 N–H and O–H groups in total. The van der Waals surface area contributed by atoms with Crippen LogP contribution in [-0.4, -0.2) is 38.2 Å². The minimum Gasteiger partial charge on any atom is -0.496 e. The second kappa shape index (κ2) is 9.80. The fourth-order valence-electron chi connectivity index (χ4n) is 3.03. The third kappa shape index (κ3) is 5.04. The molecule has 26 heavy (non-hydrogen) atoms. The Kier molecular flexibility index (Phi) is 8.69. The first-order chi connectivity index (χ1) is 11.5. The smallest absolute Gasteiger partial charge is 0.416 e. The summed E-state index contributed by atoms with van der Waals surface area (Å²) < 4.78 is 44.3. The number of halogens is 5. The summed E-state index contributed by atoms with van der Waals surface area (Å²) in [4.78, 5) is 3.39. The first-order valence-electron chi connectivity index (χ1n) is 7.74. The van der Waals surface area contributed by atoms with Crippen molar-refractivity contribution < 1.29 is 17.9 Å². The molecule has 0 amide bonds. The van der Waals surface area contributed by atoms with Crippen LogP contribution in [0.2, 0.25) is 0 Å². The Bertz CT molecular complexity index is 677. The van der Waals surface area contributed by atoms with Crippen molar-refractivity contribution in [2.24, 2.45) is 0 Å². The lowest BCUT2D eigenvalue weighted by Crippen LogP contribution is -2.45. The number of hydrogen-bond donors (Lipinski definition) is 1. The van der Waals surface area contributed by atoms with Gasteiger partial charge >= 0.3 is 6.18 Å². The quantitative estimate of drug-likeness (QED) is 0.768. The number of ether oxygens (including phenoxy) is 1. The van der Waals surface area contributed by atoms with Gasteiger partial charge in [-0.25, -0.2) is 0 Å². The van der Waals surface area contributed by atoms with Crippen molar-refractivity contribution in [3.8, 4) is 5.75 Å². The van der Waals surface area contributed by atoms with Gasteiger partial charge in [0.25, 0.3) is 0 Å². The van der Waals surface area contributed by atoms with Crippen molar-refractivity contribution in [1.29, 1.82) is 0 Å². The lowest BCUT2D eigenvalue weighted by Gasteiger charge is -2.35. The average Bonchev–Trinajstić information content (AvgIpc) is 3.09. The van der Waals surface area contributed by atoms with E-state index in [2.05, 4.69) is 10.2 Å². The summed E-state index contributed by atoms with van der Waals surface area (Å²) in [5.74, 6) is 0.279. The molecule has 3 rings (SSSR count). The summed E-state index contributed by atoms with van der Waals surface area (Å²) >= 11 is 1.61. The van der Waals surface area contributed by atoms with Crippen LogP contribution in [0.1, 0.15) is 22.0 Å². The molecule has 146 valence electrons. The highest BCUT2D eigenvalue weighted by atomic mass is 35.5. The van der Waals surface area contributed by atoms with Gasteiger partial charge in [-0.15, -0.1) is 36.2 Å². The van der Waals surface area contributed by atoms with Crippen molar-refractivity contribution in [3.63, 3.8) is 0 Å². The molecule has 1 aromatic carbocycles. The second-order valence-electron chi connectivity index (χ2n) is 5.66. The SMILES string of the molecule is COc1cc(C(F)(F)F)ccc1[C@@H](c1cccs1)N1CCNCC1.Cl.Cl. The number of nitrogens with one attached hydrogen (secondary N) is 1. The molecule has 1 atom stereocenters. The number of benzene rings is 1. The van der Waals surface area contributed by atoms with Crippen molar-refractivity contribution in [3.05, 3.63) is 51.7 Å². The van der Waals surface area contributed by atoms with Crippen LogP contribution in [-0.2, 0) is 6.18 Å². The van der Waals surface area contributed by atoms with Gasteiger partial charge in [-0.05, 0) is 23.6 Å². The Labute approximate surface area is 167 Å². The van der Waals surface area contributed by atoms with E-state index in [1.807, 2.05) is 17.5 Å². The normalized spacial score (nSPS) is 16.3. The molecule has 0 radical (unpaired) electrons. The van der Waals surface area contributed by atoms with Crippen molar-refractivity contribution >= 4 is 36.2 Å². The fourth-order valence-corrected chi connectivity index (χ4v) is 3.91. The molecule has 1 fully saturated rings. The monoisotopic (exact) mass is 428 g/mol.